The van der Waals surface area contributed by atoms with Crippen LogP contribution in [0.4, 0.5) is 17.1 Å². The van der Waals surface area contributed by atoms with Gasteiger partial charge in [-0.3, -0.25) is 0 Å². The molecule has 0 fully saturated rings. The minimum absolute atomic E-state index is 0.297. The second-order valence-corrected chi connectivity index (χ2v) is 9.06. The number of anilines is 3. The van der Waals surface area contributed by atoms with Crippen molar-refractivity contribution >= 4 is 54.9 Å². The summed E-state index contributed by atoms with van der Waals surface area (Å²) in [6.07, 6.45) is 0. The third kappa shape index (κ3) is 4.89. The van der Waals surface area contributed by atoms with Crippen molar-refractivity contribution in [2.75, 3.05) is 4.90 Å². The highest BCUT2D eigenvalue weighted by Crippen LogP contribution is 2.36. The Morgan fingerprint density at radius 2 is 1.13 bits per heavy atom. The topological polar surface area (TPSA) is 40.5 Å². The molecule has 0 saturated heterocycles. The lowest BCUT2D eigenvalue weighted by atomic mass is 10.00. The highest BCUT2D eigenvalue weighted by Gasteiger charge is 2.13. The Bertz CT molecular complexity index is 1170. The molecule has 0 aliphatic rings. The van der Waals surface area contributed by atoms with E-state index in [0.717, 1.165) is 42.7 Å². The van der Waals surface area contributed by atoms with Gasteiger partial charge in [0, 0.05) is 26.0 Å². The van der Waals surface area contributed by atoms with Crippen LogP contribution < -0.4 is 4.90 Å². The molecule has 0 aliphatic carbocycles. The maximum absolute atomic E-state index is 11.4. The van der Waals surface area contributed by atoms with Crippen LogP contribution in [-0.4, -0.2) is 11.1 Å². The van der Waals surface area contributed by atoms with Crippen LogP contribution >= 0.6 is 31.9 Å². The van der Waals surface area contributed by atoms with Crippen LogP contribution in [-0.2, 0) is 0 Å². The van der Waals surface area contributed by atoms with Crippen LogP contribution in [0, 0.1) is 6.92 Å². The van der Waals surface area contributed by atoms with Gasteiger partial charge < -0.3 is 10.0 Å². The van der Waals surface area contributed by atoms with E-state index in [4.69, 9.17) is 0 Å². The van der Waals surface area contributed by atoms with E-state index >= 15 is 0 Å². The molecule has 4 aromatic carbocycles. The monoisotopic (exact) mass is 535 g/mol. The first-order chi connectivity index (χ1) is 14.9. The predicted octanol–water partition coefficient (Wildman–Crippen LogP) is 8.36. The second kappa shape index (κ2) is 9.08. The molecule has 0 spiro atoms. The number of benzene rings is 4. The van der Waals surface area contributed by atoms with Crippen molar-refractivity contribution in [2.24, 2.45) is 0 Å². The maximum atomic E-state index is 11.4. The van der Waals surface area contributed by atoms with Gasteiger partial charge in [0.2, 0.25) is 0 Å². The van der Waals surface area contributed by atoms with Gasteiger partial charge in [0.25, 0.3) is 0 Å². The summed E-state index contributed by atoms with van der Waals surface area (Å²) in [7, 11) is 0. The van der Waals surface area contributed by atoms with E-state index in [1.165, 1.54) is 0 Å². The molecule has 1 N–H and O–H groups in total. The van der Waals surface area contributed by atoms with E-state index in [-0.39, 0.29) is 0 Å². The van der Waals surface area contributed by atoms with E-state index in [0.29, 0.717) is 5.56 Å². The third-order valence-corrected chi connectivity index (χ3v) is 6.01. The zero-order valence-electron chi connectivity index (χ0n) is 16.7. The average Bonchev–Trinajstić information content (AvgIpc) is 2.76. The Hall–Kier alpha value is -2.89. The lowest BCUT2D eigenvalue weighted by molar-refractivity contribution is 0.0697. The van der Waals surface area contributed by atoms with Gasteiger partial charge in [0.05, 0.1) is 5.56 Å². The number of halogens is 2. The highest BCUT2D eigenvalue weighted by molar-refractivity contribution is 9.10. The van der Waals surface area contributed by atoms with E-state index in [1.807, 2.05) is 49.4 Å². The van der Waals surface area contributed by atoms with Crippen LogP contribution in [0.1, 0.15) is 15.9 Å². The smallest absolute Gasteiger partial charge is 0.335 e. The van der Waals surface area contributed by atoms with Crippen molar-refractivity contribution in [3.63, 3.8) is 0 Å². The van der Waals surface area contributed by atoms with Crippen LogP contribution in [0.25, 0.3) is 11.1 Å². The first kappa shape index (κ1) is 21.3. The summed E-state index contributed by atoms with van der Waals surface area (Å²) in [5, 5.41) is 9.38. The third-order valence-electron chi connectivity index (χ3n) is 4.95. The van der Waals surface area contributed by atoms with Crippen molar-refractivity contribution in [3.05, 3.63) is 111 Å². The van der Waals surface area contributed by atoms with Crippen LogP contribution in [0.2, 0.25) is 0 Å². The molecule has 0 bridgehead atoms. The van der Waals surface area contributed by atoms with Crippen LogP contribution in [0.3, 0.4) is 0 Å². The highest BCUT2D eigenvalue weighted by atomic mass is 79.9. The molecule has 0 radical (unpaired) electrons. The molecule has 154 valence electrons. The standard InChI is InChI=1S/C26H19Br2NO2/c1-17-14-19(16-20(15-17)26(30)31)18-2-8-23(9-3-18)29(24-10-4-21(27)5-11-24)25-12-6-22(28)7-13-25/h2-16H,1H3,(H,30,31). The lowest BCUT2D eigenvalue weighted by Crippen LogP contribution is -2.09. The molecule has 0 atom stereocenters. The lowest BCUT2D eigenvalue weighted by Gasteiger charge is -2.26. The summed E-state index contributed by atoms with van der Waals surface area (Å²) in [4.78, 5) is 13.6. The fraction of sp³-hybridized carbons (Fsp3) is 0.0385. The number of aryl methyl sites for hydroxylation is 1. The number of aromatic carboxylic acids is 1. The molecular formula is C26H19Br2NO2. The molecule has 0 unspecified atom stereocenters. The van der Waals surface area contributed by atoms with Crippen molar-refractivity contribution in [1.82, 2.24) is 0 Å². The quantitative estimate of drug-likeness (QED) is 0.278. The first-order valence-corrected chi connectivity index (χ1v) is 11.3. The van der Waals surface area contributed by atoms with Gasteiger partial charge in [0.15, 0.2) is 0 Å². The molecule has 0 saturated carbocycles. The number of rotatable bonds is 5. The summed E-state index contributed by atoms with van der Waals surface area (Å²) in [5.41, 5.74) is 6.18. The maximum Gasteiger partial charge on any atom is 0.335 e. The number of nitrogens with zero attached hydrogens (tertiary/aromatic N) is 1. The largest absolute Gasteiger partial charge is 0.478 e. The van der Waals surface area contributed by atoms with Crippen molar-refractivity contribution in [3.8, 4) is 11.1 Å². The molecule has 3 nitrogen and oxygen atoms in total. The molecule has 0 amide bonds. The SMILES string of the molecule is Cc1cc(C(=O)O)cc(-c2ccc(N(c3ccc(Br)cc3)c3ccc(Br)cc3)cc2)c1. The Morgan fingerprint density at radius 1 is 0.677 bits per heavy atom. The second-order valence-electron chi connectivity index (χ2n) is 7.23. The minimum Gasteiger partial charge on any atom is -0.478 e. The Labute approximate surface area is 198 Å². The Balaban J connectivity index is 1.76. The average molecular weight is 537 g/mol. The van der Waals surface area contributed by atoms with Gasteiger partial charge in [-0.25, -0.2) is 4.79 Å². The van der Waals surface area contributed by atoms with E-state index in [9.17, 15) is 9.90 Å². The molecule has 0 heterocycles. The number of hydrogen-bond acceptors (Lipinski definition) is 2. The van der Waals surface area contributed by atoms with Gasteiger partial charge in [-0.15, -0.1) is 0 Å². The zero-order chi connectivity index (χ0) is 22.0. The van der Waals surface area contributed by atoms with Gasteiger partial charge in [-0.05, 0) is 96.4 Å². The number of carboxylic acids is 1. The molecule has 5 heteroatoms. The van der Waals surface area contributed by atoms with E-state index in [1.54, 1.807) is 12.1 Å². The van der Waals surface area contributed by atoms with Gasteiger partial charge in [-0.2, -0.15) is 0 Å². The Morgan fingerprint density at radius 3 is 1.58 bits per heavy atom. The van der Waals surface area contributed by atoms with Crippen molar-refractivity contribution in [1.29, 1.82) is 0 Å². The summed E-state index contributed by atoms with van der Waals surface area (Å²) < 4.78 is 2.05. The number of hydrogen-bond donors (Lipinski definition) is 1. The molecular weight excluding hydrogens is 518 g/mol. The van der Waals surface area contributed by atoms with E-state index < -0.39 is 5.97 Å². The van der Waals surface area contributed by atoms with Crippen molar-refractivity contribution < 1.29 is 9.90 Å². The van der Waals surface area contributed by atoms with Crippen molar-refractivity contribution in [2.45, 2.75) is 6.92 Å². The van der Waals surface area contributed by atoms with Gasteiger partial charge in [0.1, 0.15) is 0 Å². The van der Waals surface area contributed by atoms with Gasteiger partial charge in [-0.1, -0.05) is 50.1 Å². The molecule has 0 aliphatic heterocycles. The predicted molar refractivity (Wildman–Crippen MR) is 134 cm³/mol. The molecule has 4 rings (SSSR count). The normalized spacial score (nSPS) is 10.7. The van der Waals surface area contributed by atoms with Crippen LogP contribution in [0.15, 0.2) is 99.9 Å². The summed E-state index contributed by atoms with van der Waals surface area (Å²) in [6, 6.07) is 29.9. The zero-order valence-corrected chi connectivity index (χ0v) is 19.9. The summed E-state index contributed by atoms with van der Waals surface area (Å²) >= 11 is 7.01. The summed E-state index contributed by atoms with van der Waals surface area (Å²) in [6.45, 7) is 1.91. The number of carbonyl (C=O) groups is 1. The van der Waals surface area contributed by atoms with Gasteiger partial charge >= 0.3 is 5.97 Å². The Kier molecular flexibility index (Phi) is 6.25. The number of carboxylic acid groups (broad SMARTS) is 1. The van der Waals surface area contributed by atoms with E-state index in [2.05, 4.69) is 73.2 Å². The molecule has 0 aromatic heterocycles. The van der Waals surface area contributed by atoms with Crippen LogP contribution in [0.5, 0.6) is 0 Å². The fourth-order valence-electron chi connectivity index (χ4n) is 3.50. The minimum atomic E-state index is -0.918. The fourth-order valence-corrected chi connectivity index (χ4v) is 4.03. The summed E-state index contributed by atoms with van der Waals surface area (Å²) in [5.74, 6) is -0.918. The molecule has 31 heavy (non-hydrogen) atoms. The molecule has 4 aromatic rings. The first-order valence-electron chi connectivity index (χ1n) is 9.67.